The number of aldehydes is 1. The molecule has 12 heteroatoms. The Morgan fingerprint density at radius 2 is 1.35 bits per heavy atom. The molecule has 5 unspecified atom stereocenters. The van der Waals surface area contributed by atoms with Crippen molar-refractivity contribution in [3.05, 3.63) is 95.6 Å². The minimum atomic E-state index is -1.42. The first kappa shape index (κ1) is 32.3. The van der Waals surface area contributed by atoms with E-state index in [2.05, 4.69) is 0 Å². The Morgan fingerprint density at radius 1 is 0.761 bits per heavy atom. The van der Waals surface area contributed by atoms with Crippen molar-refractivity contribution >= 4 is 30.0 Å². The lowest BCUT2D eigenvalue weighted by Gasteiger charge is -2.43. The van der Waals surface area contributed by atoms with Crippen LogP contribution in [0.5, 0.6) is 11.5 Å². The third-order valence-electron chi connectivity index (χ3n) is 7.36. The van der Waals surface area contributed by atoms with Gasteiger partial charge in [-0.2, -0.15) is 0 Å². The number of fused-ring (bicyclic) bond motifs is 1. The summed E-state index contributed by atoms with van der Waals surface area (Å²) < 4.78 is 40.1. The van der Waals surface area contributed by atoms with Crippen LogP contribution in [0.4, 0.5) is 0 Å². The van der Waals surface area contributed by atoms with Crippen LogP contribution in [0, 0.1) is 5.92 Å². The summed E-state index contributed by atoms with van der Waals surface area (Å²) in [6, 6.07) is 23.5. The Morgan fingerprint density at radius 3 is 1.91 bits per heavy atom. The van der Waals surface area contributed by atoms with Gasteiger partial charge in [-0.3, -0.25) is 19.2 Å². The standard InChI is InChI=1S/C34H32O12/c1-20(36)40-19-30-32(43-22(3)38)31(42-21(2)37)26(17-35)33(44-30)41-18-27(39)23-14-15-28-29(16-23)46-34(45-28,24-10-6-4-7-11-24)25-12-8-5-9-13-25/h4-17,26,30-33H,18-19H2,1-3H3. The molecule has 0 bridgehead atoms. The van der Waals surface area contributed by atoms with E-state index in [0.717, 1.165) is 25.0 Å². The van der Waals surface area contributed by atoms with E-state index in [1.807, 2.05) is 60.7 Å². The lowest BCUT2D eigenvalue weighted by molar-refractivity contribution is -0.281. The van der Waals surface area contributed by atoms with Crippen LogP contribution in [0.2, 0.25) is 0 Å². The van der Waals surface area contributed by atoms with Crippen molar-refractivity contribution in [2.75, 3.05) is 13.2 Å². The Bertz CT molecular complexity index is 1550. The monoisotopic (exact) mass is 632 g/mol. The van der Waals surface area contributed by atoms with Gasteiger partial charge in [-0.15, -0.1) is 0 Å². The fraction of sp³-hybridized carbons (Fsp3) is 0.324. The lowest BCUT2D eigenvalue weighted by Crippen LogP contribution is -2.59. The van der Waals surface area contributed by atoms with E-state index in [-0.39, 0.29) is 5.56 Å². The van der Waals surface area contributed by atoms with Crippen molar-refractivity contribution < 1.29 is 57.1 Å². The number of hydrogen-bond donors (Lipinski definition) is 0. The van der Waals surface area contributed by atoms with Crippen molar-refractivity contribution in [1.82, 2.24) is 0 Å². The Kier molecular flexibility index (Phi) is 9.78. The van der Waals surface area contributed by atoms with Crippen molar-refractivity contribution in [3.8, 4) is 11.5 Å². The predicted octanol–water partition coefficient (Wildman–Crippen LogP) is 3.52. The number of Topliss-reactive ketones (excluding diaryl/α,β-unsaturated/α-hetero) is 1. The second kappa shape index (κ2) is 13.9. The quantitative estimate of drug-likeness (QED) is 0.132. The SMILES string of the molecule is CC(=O)OCC1OC(OCC(=O)c2ccc3c(c2)OC(c2ccccc2)(c2ccccc2)O3)C(C=O)C(OC(C)=O)C1OC(C)=O. The van der Waals surface area contributed by atoms with Gasteiger partial charge in [-0.05, 0) is 18.2 Å². The average molecular weight is 633 g/mol. The third kappa shape index (κ3) is 6.93. The molecular weight excluding hydrogens is 600 g/mol. The zero-order valence-electron chi connectivity index (χ0n) is 25.3. The molecule has 2 aliphatic rings. The number of benzene rings is 3. The molecule has 2 heterocycles. The van der Waals surface area contributed by atoms with Gasteiger partial charge in [0.2, 0.25) is 0 Å². The first-order valence-corrected chi connectivity index (χ1v) is 14.5. The molecule has 3 aromatic carbocycles. The largest absolute Gasteiger partial charge is 0.463 e. The Labute approximate surface area is 264 Å². The number of ether oxygens (including phenoxy) is 7. The number of rotatable bonds is 11. The molecule has 5 rings (SSSR count). The molecule has 12 nitrogen and oxygen atoms in total. The second-order valence-corrected chi connectivity index (χ2v) is 10.7. The maximum absolute atomic E-state index is 13.4. The highest BCUT2D eigenvalue weighted by molar-refractivity contribution is 5.97. The average Bonchev–Trinajstić information content (AvgIpc) is 3.44. The summed E-state index contributed by atoms with van der Waals surface area (Å²) in [5.41, 5.74) is 1.73. The lowest BCUT2D eigenvalue weighted by atomic mass is 9.91. The molecule has 0 saturated carbocycles. The first-order chi connectivity index (χ1) is 22.1. The minimum Gasteiger partial charge on any atom is -0.463 e. The van der Waals surface area contributed by atoms with Gasteiger partial charge in [0.1, 0.15) is 31.5 Å². The predicted molar refractivity (Wildman–Crippen MR) is 158 cm³/mol. The van der Waals surface area contributed by atoms with Crippen LogP contribution < -0.4 is 9.47 Å². The molecule has 0 spiro atoms. The van der Waals surface area contributed by atoms with E-state index in [1.165, 1.54) is 13.0 Å². The molecular formula is C34H32O12. The number of hydrogen-bond acceptors (Lipinski definition) is 12. The molecule has 0 amide bonds. The molecule has 5 atom stereocenters. The normalized spacial score (nSPS) is 22.7. The van der Waals surface area contributed by atoms with Crippen LogP contribution in [-0.2, 0) is 48.6 Å². The summed E-state index contributed by atoms with van der Waals surface area (Å²) in [7, 11) is 0. The van der Waals surface area contributed by atoms with Gasteiger partial charge >= 0.3 is 23.7 Å². The number of carbonyl (C=O) groups excluding carboxylic acids is 5. The van der Waals surface area contributed by atoms with Gasteiger partial charge in [-0.25, -0.2) is 0 Å². The van der Waals surface area contributed by atoms with Crippen molar-refractivity contribution in [2.45, 2.75) is 51.2 Å². The molecule has 2 aliphatic heterocycles. The fourth-order valence-corrected chi connectivity index (χ4v) is 5.36. The van der Waals surface area contributed by atoms with Gasteiger partial charge < -0.3 is 38.0 Å². The smallest absolute Gasteiger partial charge is 0.305 e. The Hall–Kier alpha value is -5.07. The van der Waals surface area contributed by atoms with Crippen molar-refractivity contribution in [2.24, 2.45) is 5.92 Å². The molecule has 0 radical (unpaired) electrons. The highest BCUT2D eigenvalue weighted by atomic mass is 16.7. The second-order valence-electron chi connectivity index (χ2n) is 10.7. The maximum Gasteiger partial charge on any atom is 0.305 e. The third-order valence-corrected chi connectivity index (χ3v) is 7.36. The van der Waals surface area contributed by atoms with Crippen LogP contribution >= 0.6 is 0 Å². The van der Waals surface area contributed by atoms with Crippen LogP contribution in [0.25, 0.3) is 0 Å². The van der Waals surface area contributed by atoms with Crippen LogP contribution in [0.1, 0.15) is 42.3 Å². The number of esters is 3. The molecule has 3 aromatic rings. The summed E-state index contributed by atoms with van der Waals surface area (Å²) >= 11 is 0. The molecule has 1 fully saturated rings. The molecule has 1 saturated heterocycles. The molecule has 0 aliphatic carbocycles. The summed E-state index contributed by atoms with van der Waals surface area (Å²) in [6.07, 6.45) is -4.81. The number of carbonyl (C=O) groups is 5. The summed E-state index contributed by atoms with van der Waals surface area (Å²) in [5.74, 6) is -4.45. The fourth-order valence-electron chi connectivity index (χ4n) is 5.36. The molecule has 0 N–H and O–H groups in total. The van der Waals surface area contributed by atoms with Crippen LogP contribution in [0.3, 0.4) is 0 Å². The van der Waals surface area contributed by atoms with Crippen molar-refractivity contribution in [1.29, 1.82) is 0 Å². The number of ketones is 1. The first-order valence-electron chi connectivity index (χ1n) is 14.5. The van der Waals surface area contributed by atoms with Crippen molar-refractivity contribution in [3.63, 3.8) is 0 Å². The summed E-state index contributed by atoms with van der Waals surface area (Å²) in [5, 5.41) is 0. The summed E-state index contributed by atoms with van der Waals surface area (Å²) in [6.45, 7) is 2.45. The van der Waals surface area contributed by atoms with E-state index < -0.39 is 73.2 Å². The van der Waals surface area contributed by atoms with E-state index in [1.54, 1.807) is 12.1 Å². The molecule has 46 heavy (non-hydrogen) atoms. The zero-order valence-corrected chi connectivity index (χ0v) is 25.3. The van der Waals surface area contributed by atoms with Crippen LogP contribution in [0.15, 0.2) is 78.9 Å². The summed E-state index contributed by atoms with van der Waals surface area (Å²) in [4.78, 5) is 60.9. The Balaban J connectivity index is 1.35. The highest BCUT2D eigenvalue weighted by Gasteiger charge is 2.51. The molecule has 240 valence electrons. The van der Waals surface area contributed by atoms with Gasteiger partial charge in [-0.1, -0.05) is 60.7 Å². The van der Waals surface area contributed by atoms with Gasteiger partial charge in [0, 0.05) is 37.5 Å². The minimum absolute atomic E-state index is 0.225. The maximum atomic E-state index is 13.4. The highest BCUT2D eigenvalue weighted by Crippen LogP contribution is 2.48. The van der Waals surface area contributed by atoms with Gasteiger partial charge in [0.15, 0.2) is 35.8 Å². The van der Waals surface area contributed by atoms with Gasteiger partial charge in [0.25, 0.3) is 0 Å². The zero-order chi connectivity index (χ0) is 32.8. The topological polar surface area (TPSA) is 150 Å². The van der Waals surface area contributed by atoms with Gasteiger partial charge in [0.05, 0.1) is 0 Å². The molecule has 0 aromatic heterocycles. The van der Waals surface area contributed by atoms with E-state index in [9.17, 15) is 24.0 Å². The van der Waals surface area contributed by atoms with E-state index >= 15 is 0 Å². The van der Waals surface area contributed by atoms with E-state index in [4.69, 9.17) is 33.2 Å². The van der Waals surface area contributed by atoms with Crippen LogP contribution in [-0.4, -0.2) is 67.8 Å². The van der Waals surface area contributed by atoms with E-state index in [0.29, 0.717) is 17.8 Å².